The molecule has 0 radical (unpaired) electrons. The molecule has 2 heterocycles. The maximum atomic E-state index is 14.6. The van der Waals surface area contributed by atoms with Gasteiger partial charge in [-0.05, 0) is 45.9 Å². The minimum absolute atomic E-state index is 0.435. The average molecular weight is 366 g/mol. The van der Waals surface area contributed by atoms with Crippen molar-refractivity contribution in [2.45, 2.75) is 38.9 Å². The van der Waals surface area contributed by atoms with Gasteiger partial charge in [0.1, 0.15) is 5.73 Å². The van der Waals surface area contributed by atoms with Crippen molar-refractivity contribution >= 4 is 40.0 Å². The molecule has 0 amide bonds. The number of hydrogen-bond acceptors (Lipinski definition) is 2. The molecule has 1 aliphatic heterocycles. The van der Waals surface area contributed by atoms with Gasteiger partial charge in [-0.1, -0.05) is 22.0 Å². The topological polar surface area (TPSA) is 34.2 Å². The summed E-state index contributed by atoms with van der Waals surface area (Å²) in [5.74, 6) is 0. The molecule has 1 fully saturated rings. The first kappa shape index (κ1) is 15.8. The summed E-state index contributed by atoms with van der Waals surface area (Å²) >= 11 is 3.50. The molecule has 1 saturated heterocycles. The van der Waals surface area contributed by atoms with Crippen molar-refractivity contribution in [3.05, 3.63) is 40.2 Å². The number of nitrogens with one attached hydrogen (secondary N) is 1. The summed E-state index contributed by atoms with van der Waals surface area (Å²) in [6, 6.07) is 5.81. The van der Waals surface area contributed by atoms with E-state index in [-0.39, 0.29) is 0 Å². The Morgan fingerprint density at radius 2 is 1.86 bits per heavy atom. The summed E-state index contributed by atoms with van der Waals surface area (Å²) in [6.45, 7) is 7.62. The fraction of sp³-hybridized carbons (Fsp3) is 0.375. The molecule has 1 aliphatic rings. The van der Waals surface area contributed by atoms with Gasteiger partial charge in [0.05, 0.1) is 11.2 Å². The van der Waals surface area contributed by atoms with Crippen LogP contribution in [-0.2, 0) is 9.31 Å². The number of rotatable bonds is 2. The molecule has 3 rings (SSSR count). The maximum Gasteiger partial charge on any atom is 0.525 e. The number of aromatic nitrogens is 1. The molecule has 0 atom stereocenters. The molecule has 1 N–H and O–H groups in total. The van der Waals surface area contributed by atoms with E-state index in [0.717, 1.165) is 20.9 Å². The summed E-state index contributed by atoms with van der Waals surface area (Å²) in [5.41, 5.74) is 0.167. The fourth-order valence-corrected chi connectivity index (χ4v) is 3.05. The van der Waals surface area contributed by atoms with Crippen LogP contribution in [0.5, 0.6) is 0 Å². The molecule has 6 heteroatoms. The Morgan fingerprint density at radius 1 is 1.23 bits per heavy atom. The molecule has 0 bridgehead atoms. The van der Waals surface area contributed by atoms with Gasteiger partial charge in [-0.25, -0.2) is 4.39 Å². The predicted molar refractivity (Wildman–Crippen MR) is 91.2 cm³/mol. The third-order valence-corrected chi connectivity index (χ3v) is 5.12. The van der Waals surface area contributed by atoms with Gasteiger partial charge >= 0.3 is 7.12 Å². The van der Waals surface area contributed by atoms with Crippen LogP contribution in [0.3, 0.4) is 0 Å². The Labute approximate surface area is 138 Å². The lowest BCUT2D eigenvalue weighted by atomic mass is 9.87. The molecule has 2 aromatic rings. The summed E-state index contributed by atoms with van der Waals surface area (Å²) in [7, 11) is -0.975. The van der Waals surface area contributed by atoms with E-state index < -0.39 is 24.0 Å². The lowest BCUT2D eigenvalue weighted by Gasteiger charge is -2.32. The molecule has 3 nitrogen and oxygen atoms in total. The van der Waals surface area contributed by atoms with Crippen LogP contribution in [0.25, 0.3) is 17.0 Å². The van der Waals surface area contributed by atoms with Gasteiger partial charge in [0.15, 0.2) is 0 Å². The van der Waals surface area contributed by atoms with Crippen molar-refractivity contribution in [1.82, 2.24) is 4.98 Å². The summed E-state index contributed by atoms with van der Waals surface area (Å²) < 4.78 is 27.0. The zero-order valence-corrected chi connectivity index (χ0v) is 14.6. The van der Waals surface area contributed by atoms with Gasteiger partial charge < -0.3 is 14.3 Å². The van der Waals surface area contributed by atoms with E-state index in [1.54, 1.807) is 6.20 Å². The van der Waals surface area contributed by atoms with Gasteiger partial charge in [-0.2, -0.15) is 0 Å². The third-order valence-electron chi connectivity index (χ3n) is 4.46. The van der Waals surface area contributed by atoms with E-state index in [9.17, 15) is 4.39 Å². The van der Waals surface area contributed by atoms with E-state index in [2.05, 4.69) is 20.9 Å². The molecular formula is C16H18BBrFNO2. The second kappa shape index (κ2) is 5.22. The van der Waals surface area contributed by atoms with E-state index in [0.29, 0.717) is 0 Å². The summed E-state index contributed by atoms with van der Waals surface area (Å²) in [5, 5.41) is 0.939. The summed E-state index contributed by atoms with van der Waals surface area (Å²) in [4.78, 5) is 3.13. The Balaban J connectivity index is 1.95. The first-order chi connectivity index (χ1) is 10.2. The van der Waals surface area contributed by atoms with E-state index in [1.807, 2.05) is 45.9 Å². The van der Waals surface area contributed by atoms with Crippen LogP contribution in [0, 0.1) is 0 Å². The highest BCUT2D eigenvalue weighted by Gasteiger charge is 2.53. The van der Waals surface area contributed by atoms with Crippen LogP contribution >= 0.6 is 15.9 Å². The van der Waals surface area contributed by atoms with Crippen molar-refractivity contribution in [2.24, 2.45) is 0 Å². The van der Waals surface area contributed by atoms with Crippen molar-refractivity contribution < 1.29 is 13.7 Å². The molecular weight excluding hydrogens is 348 g/mol. The zero-order valence-electron chi connectivity index (χ0n) is 13.0. The van der Waals surface area contributed by atoms with Crippen molar-refractivity contribution in [1.29, 1.82) is 0 Å². The van der Waals surface area contributed by atoms with Gasteiger partial charge in [0.25, 0.3) is 0 Å². The fourth-order valence-electron chi connectivity index (χ4n) is 2.45. The monoisotopic (exact) mass is 365 g/mol. The minimum atomic E-state index is -0.975. The van der Waals surface area contributed by atoms with Gasteiger partial charge in [-0.15, -0.1) is 0 Å². The van der Waals surface area contributed by atoms with Crippen LogP contribution in [0.15, 0.2) is 34.6 Å². The molecule has 0 aliphatic carbocycles. The summed E-state index contributed by atoms with van der Waals surface area (Å²) in [6.07, 6.45) is 3.24. The number of fused-ring (bicyclic) bond motifs is 1. The van der Waals surface area contributed by atoms with Crippen molar-refractivity contribution in [3.8, 4) is 0 Å². The lowest BCUT2D eigenvalue weighted by molar-refractivity contribution is 0.00578. The molecule has 0 spiro atoms. The lowest BCUT2D eigenvalue weighted by Crippen LogP contribution is -2.41. The number of benzene rings is 1. The van der Waals surface area contributed by atoms with Crippen LogP contribution in [-0.4, -0.2) is 23.3 Å². The highest BCUT2D eigenvalue weighted by atomic mass is 79.9. The van der Waals surface area contributed by atoms with Crippen LogP contribution in [0.1, 0.15) is 33.3 Å². The van der Waals surface area contributed by atoms with Crippen LogP contribution in [0.2, 0.25) is 0 Å². The number of aromatic amines is 1. The van der Waals surface area contributed by atoms with E-state index in [4.69, 9.17) is 9.31 Å². The first-order valence-electron chi connectivity index (χ1n) is 7.20. The molecule has 22 heavy (non-hydrogen) atoms. The quantitative estimate of drug-likeness (QED) is 0.770. The van der Waals surface area contributed by atoms with E-state index in [1.165, 1.54) is 6.08 Å². The highest BCUT2D eigenvalue weighted by Crippen LogP contribution is 2.39. The first-order valence-corrected chi connectivity index (χ1v) is 7.99. The van der Waals surface area contributed by atoms with Gasteiger partial charge in [-0.3, -0.25) is 0 Å². The average Bonchev–Trinajstić information content (AvgIpc) is 2.90. The van der Waals surface area contributed by atoms with Crippen LogP contribution in [0.4, 0.5) is 4.39 Å². The Hall–Kier alpha value is -1.11. The normalized spacial score (nSPS) is 20.8. The van der Waals surface area contributed by atoms with E-state index >= 15 is 0 Å². The number of H-pyrrole nitrogens is 1. The molecule has 0 unspecified atom stereocenters. The molecule has 1 aromatic heterocycles. The molecule has 1 aromatic carbocycles. The minimum Gasteiger partial charge on any atom is -0.398 e. The van der Waals surface area contributed by atoms with Gasteiger partial charge in [0.2, 0.25) is 0 Å². The second-order valence-corrected chi connectivity index (χ2v) is 7.38. The second-order valence-electron chi connectivity index (χ2n) is 6.52. The predicted octanol–water partition coefficient (Wildman–Crippen LogP) is 4.87. The van der Waals surface area contributed by atoms with Crippen molar-refractivity contribution in [3.63, 3.8) is 0 Å². The third kappa shape index (κ3) is 2.53. The van der Waals surface area contributed by atoms with Crippen LogP contribution < -0.4 is 0 Å². The largest absolute Gasteiger partial charge is 0.525 e. The molecule has 116 valence electrons. The van der Waals surface area contributed by atoms with Crippen molar-refractivity contribution in [2.75, 3.05) is 0 Å². The maximum absolute atomic E-state index is 14.6. The standard InChI is InChI=1S/C16H18BBrFNO2/c1-15(2)16(3,4)22-17(21-15)13(19)8-10-9-20-12-7-5-6-11(18)14(10)12/h5-9,20H,1-4H3. The zero-order chi connectivity index (χ0) is 16.1. The Bertz CT molecular complexity index is 738. The SMILES string of the molecule is CC1(C)OB(C(F)=Cc2c[nH]c3cccc(Br)c23)OC1(C)C. The Kier molecular flexibility index (Phi) is 3.74. The number of halogens is 2. The van der Waals surface area contributed by atoms with Gasteiger partial charge in [0, 0.05) is 27.1 Å². The smallest absolute Gasteiger partial charge is 0.398 e. The Morgan fingerprint density at radius 3 is 2.50 bits per heavy atom. The molecule has 0 saturated carbocycles. The highest BCUT2D eigenvalue weighted by molar-refractivity contribution is 9.10. The number of hydrogen-bond donors (Lipinski definition) is 1.